The van der Waals surface area contributed by atoms with Crippen molar-refractivity contribution in [3.63, 3.8) is 0 Å². The van der Waals surface area contributed by atoms with Gasteiger partial charge in [0.15, 0.2) is 6.10 Å². The molecule has 0 aromatic carbocycles. The Bertz CT molecular complexity index is 1410. The van der Waals surface area contributed by atoms with E-state index in [1.807, 2.05) is 6.08 Å². The molecular weight excluding hydrogens is 841 g/mol. The molecule has 0 aromatic rings. The van der Waals surface area contributed by atoms with Gasteiger partial charge in [-0.2, -0.15) is 0 Å². The van der Waals surface area contributed by atoms with Gasteiger partial charge in [0.1, 0.15) is 13.2 Å². The van der Waals surface area contributed by atoms with Crippen molar-refractivity contribution in [2.45, 2.75) is 252 Å². The standard InChI is InChI=1S/C62H102O6/c1-4-7-10-13-16-19-22-25-27-29-31-33-34-37-40-43-46-49-52-55-61(64)67-58-59(57-66-60(63)54-51-48-45-42-39-36-24-21-18-15-12-9-6-3)68-62(65)56-53-50-47-44-41-38-35-32-30-28-26-23-20-17-14-11-8-5-2/h7,10,16,19,25,27-28,30-33,35-37,39-40,46,49,59H,4-6,8-9,11-15,17-18,20-24,26,29,34,38,41-45,47-48,50-58H2,1-3H3/b10-7-,19-16-,27-25-,30-28-,33-31-,35-32-,39-36-,40-37-,49-46-. The largest absolute Gasteiger partial charge is 0.462 e. The van der Waals surface area contributed by atoms with Crippen LogP contribution < -0.4 is 0 Å². The van der Waals surface area contributed by atoms with Gasteiger partial charge in [-0.15, -0.1) is 0 Å². The predicted octanol–water partition coefficient (Wildman–Crippen LogP) is 18.7. The summed E-state index contributed by atoms with van der Waals surface area (Å²) in [7, 11) is 0. The van der Waals surface area contributed by atoms with Crippen LogP contribution in [0.4, 0.5) is 0 Å². The second kappa shape index (κ2) is 55.7. The van der Waals surface area contributed by atoms with Crippen LogP contribution in [0.2, 0.25) is 0 Å². The van der Waals surface area contributed by atoms with Gasteiger partial charge in [-0.3, -0.25) is 14.4 Å². The lowest BCUT2D eigenvalue weighted by atomic mass is 10.1. The Morgan fingerprint density at radius 1 is 0.324 bits per heavy atom. The molecule has 6 heteroatoms. The minimum absolute atomic E-state index is 0.117. The van der Waals surface area contributed by atoms with Crippen molar-refractivity contribution in [2.75, 3.05) is 13.2 Å². The van der Waals surface area contributed by atoms with E-state index < -0.39 is 6.10 Å². The molecule has 0 fully saturated rings. The Labute approximate surface area is 419 Å². The van der Waals surface area contributed by atoms with Crippen LogP contribution in [0.1, 0.15) is 245 Å². The molecule has 0 heterocycles. The maximum absolute atomic E-state index is 12.8. The fraction of sp³-hybridized carbons (Fsp3) is 0.661. The van der Waals surface area contributed by atoms with Crippen molar-refractivity contribution in [3.8, 4) is 0 Å². The van der Waals surface area contributed by atoms with Crippen molar-refractivity contribution in [2.24, 2.45) is 0 Å². The molecule has 0 aliphatic rings. The zero-order chi connectivity index (χ0) is 49.3. The number of hydrogen-bond donors (Lipinski definition) is 0. The monoisotopic (exact) mass is 943 g/mol. The van der Waals surface area contributed by atoms with Crippen LogP contribution in [0.5, 0.6) is 0 Å². The Kier molecular flexibility index (Phi) is 52.4. The number of allylic oxidation sites excluding steroid dienone is 18. The first-order valence-electron chi connectivity index (χ1n) is 27.9. The third kappa shape index (κ3) is 53.0. The number of ether oxygens (including phenoxy) is 3. The molecule has 386 valence electrons. The lowest BCUT2D eigenvalue weighted by molar-refractivity contribution is -0.166. The van der Waals surface area contributed by atoms with Crippen molar-refractivity contribution < 1.29 is 28.6 Å². The summed E-state index contributed by atoms with van der Waals surface area (Å²) in [5, 5.41) is 0. The first-order valence-corrected chi connectivity index (χ1v) is 27.9. The maximum Gasteiger partial charge on any atom is 0.306 e. The van der Waals surface area contributed by atoms with E-state index in [4.69, 9.17) is 14.2 Å². The van der Waals surface area contributed by atoms with Crippen LogP contribution in [0, 0.1) is 0 Å². The fourth-order valence-electron chi connectivity index (χ4n) is 7.34. The van der Waals surface area contributed by atoms with E-state index in [-0.39, 0.29) is 44.0 Å². The number of unbranched alkanes of at least 4 members (excludes halogenated alkanes) is 21. The minimum atomic E-state index is -0.825. The summed E-state index contributed by atoms with van der Waals surface area (Å²) in [5.74, 6) is -1.04. The summed E-state index contributed by atoms with van der Waals surface area (Å²) >= 11 is 0. The van der Waals surface area contributed by atoms with E-state index in [9.17, 15) is 14.4 Å². The summed E-state index contributed by atoms with van der Waals surface area (Å²) in [6.07, 6.45) is 75.2. The summed E-state index contributed by atoms with van der Waals surface area (Å²) < 4.78 is 16.7. The Balaban J connectivity index is 4.55. The van der Waals surface area contributed by atoms with Gasteiger partial charge in [-0.1, -0.05) is 226 Å². The first-order chi connectivity index (χ1) is 33.5. The topological polar surface area (TPSA) is 78.9 Å². The molecule has 0 rings (SSSR count). The second-order valence-electron chi connectivity index (χ2n) is 18.1. The van der Waals surface area contributed by atoms with Crippen LogP contribution in [-0.4, -0.2) is 37.2 Å². The van der Waals surface area contributed by atoms with Gasteiger partial charge >= 0.3 is 17.9 Å². The summed E-state index contributed by atoms with van der Waals surface area (Å²) in [6, 6.07) is 0. The van der Waals surface area contributed by atoms with Gasteiger partial charge < -0.3 is 14.2 Å². The summed E-state index contributed by atoms with van der Waals surface area (Å²) in [6.45, 7) is 6.42. The molecule has 0 saturated heterocycles. The van der Waals surface area contributed by atoms with Crippen LogP contribution >= 0.6 is 0 Å². The maximum atomic E-state index is 12.8. The fourth-order valence-corrected chi connectivity index (χ4v) is 7.34. The molecule has 68 heavy (non-hydrogen) atoms. The molecule has 1 unspecified atom stereocenters. The molecule has 0 radical (unpaired) electrons. The third-order valence-electron chi connectivity index (χ3n) is 11.5. The number of carbonyl (C=O) groups excluding carboxylic acids is 3. The number of carbonyl (C=O) groups is 3. The molecule has 0 aromatic heterocycles. The Morgan fingerprint density at radius 3 is 1.09 bits per heavy atom. The Hall–Kier alpha value is -3.93. The zero-order valence-corrected chi connectivity index (χ0v) is 44.1. The average molecular weight is 943 g/mol. The molecule has 0 spiro atoms. The summed E-state index contributed by atoms with van der Waals surface area (Å²) in [5.41, 5.74) is 0. The number of esters is 3. The normalized spacial score (nSPS) is 12.9. The highest BCUT2D eigenvalue weighted by Crippen LogP contribution is 2.13. The van der Waals surface area contributed by atoms with Gasteiger partial charge in [0, 0.05) is 19.3 Å². The van der Waals surface area contributed by atoms with Crippen LogP contribution in [0.15, 0.2) is 109 Å². The minimum Gasteiger partial charge on any atom is -0.462 e. The van der Waals surface area contributed by atoms with Crippen molar-refractivity contribution in [1.29, 1.82) is 0 Å². The van der Waals surface area contributed by atoms with E-state index in [2.05, 4.69) is 124 Å². The average Bonchev–Trinajstić information content (AvgIpc) is 3.34. The zero-order valence-electron chi connectivity index (χ0n) is 44.1. The summed E-state index contributed by atoms with van der Waals surface area (Å²) in [4.78, 5) is 38.1. The molecule has 0 N–H and O–H groups in total. The lowest BCUT2D eigenvalue weighted by Crippen LogP contribution is -2.30. The van der Waals surface area contributed by atoms with E-state index in [0.717, 1.165) is 109 Å². The predicted molar refractivity (Wildman–Crippen MR) is 293 cm³/mol. The van der Waals surface area contributed by atoms with Crippen LogP contribution in [0.3, 0.4) is 0 Å². The lowest BCUT2D eigenvalue weighted by Gasteiger charge is -2.18. The third-order valence-corrected chi connectivity index (χ3v) is 11.5. The van der Waals surface area contributed by atoms with E-state index >= 15 is 0 Å². The van der Waals surface area contributed by atoms with E-state index in [1.54, 1.807) is 0 Å². The molecular formula is C62H102O6. The molecule has 0 aliphatic heterocycles. The van der Waals surface area contributed by atoms with E-state index in [0.29, 0.717) is 12.8 Å². The molecule has 0 aliphatic carbocycles. The molecule has 0 amide bonds. The highest BCUT2D eigenvalue weighted by atomic mass is 16.6. The SMILES string of the molecule is CC/C=C\C/C=C\C/C=C\C/C=C\C/C=C\C/C=C\CCC(=O)OCC(COC(=O)CCCCC/C=C\CCCCCCCC)OC(=O)CCCCCCC/C=C\C=C/CCCCCCCCC. The van der Waals surface area contributed by atoms with Gasteiger partial charge in [-0.05, 0) is 109 Å². The number of hydrogen-bond acceptors (Lipinski definition) is 6. The van der Waals surface area contributed by atoms with Crippen molar-refractivity contribution in [3.05, 3.63) is 109 Å². The quantitative estimate of drug-likeness (QED) is 0.0199. The van der Waals surface area contributed by atoms with Crippen LogP contribution in [0.25, 0.3) is 0 Å². The van der Waals surface area contributed by atoms with Gasteiger partial charge in [0.25, 0.3) is 0 Å². The Morgan fingerprint density at radius 2 is 0.647 bits per heavy atom. The molecule has 6 nitrogen and oxygen atoms in total. The van der Waals surface area contributed by atoms with E-state index in [1.165, 1.54) is 89.9 Å². The smallest absolute Gasteiger partial charge is 0.306 e. The van der Waals surface area contributed by atoms with Crippen molar-refractivity contribution in [1.82, 2.24) is 0 Å². The highest BCUT2D eigenvalue weighted by Gasteiger charge is 2.19. The second-order valence-corrected chi connectivity index (χ2v) is 18.1. The van der Waals surface area contributed by atoms with Gasteiger partial charge in [-0.25, -0.2) is 0 Å². The number of rotatable bonds is 49. The molecule has 0 saturated carbocycles. The first kappa shape index (κ1) is 64.1. The highest BCUT2D eigenvalue weighted by molar-refractivity contribution is 5.71. The van der Waals surface area contributed by atoms with Crippen LogP contribution in [-0.2, 0) is 28.6 Å². The molecule has 0 bridgehead atoms. The molecule has 1 atom stereocenters. The van der Waals surface area contributed by atoms with Crippen molar-refractivity contribution >= 4 is 17.9 Å². The van der Waals surface area contributed by atoms with Gasteiger partial charge in [0.2, 0.25) is 0 Å². The van der Waals surface area contributed by atoms with Gasteiger partial charge in [0.05, 0.1) is 0 Å².